The first-order valence-corrected chi connectivity index (χ1v) is 8.16. The minimum atomic E-state index is -0.224. The summed E-state index contributed by atoms with van der Waals surface area (Å²) in [7, 11) is 1.57. The zero-order chi connectivity index (χ0) is 16.8. The first-order valence-electron chi connectivity index (χ1n) is 8.16. The van der Waals surface area contributed by atoms with E-state index in [9.17, 15) is 4.39 Å². The highest BCUT2D eigenvalue weighted by molar-refractivity contribution is 5.34. The lowest BCUT2D eigenvalue weighted by atomic mass is 10.1. The number of hydrogen-bond acceptors (Lipinski definition) is 5. The topological polar surface area (TPSA) is 47.5 Å². The van der Waals surface area contributed by atoms with E-state index < -0.39 is 0 Å². The number of aryl methyl sites for hydroxylation is 1. The number of ether oxygens (including phenoxy) is 2. The van der Waals surface area contributed by atoms with Gasteiger partial charge in [-0.15, -0.1) is 0 Å². The van der Waals surface area contributed by atoms with E-state index in [0.29, 0.717) is 24.5 Å². The molecule has 1 atom stereocenters. The first-order chi connectivity index (χ1) is 11.8. The van der Waals surface area contributed by atoms with Gasteiger partial charge >= 0.3 is 0 Å². The standard InChI is InChI=1S/C18H22FN3O2/c1-23-18-4-2-3-17(19)16(18)12-22-9-10-24-15(11-22)6-5-14-7-8-20-13-21-14/h2-4,7-8,13,15H,5-6,9-12H2,1H3/t15-/m1/s1. The summed E-state index contributed by atoms with van der Waals surface area (Å²) in [6, 6.07) is 6.86. The van der Waals surface area contributed by atoms with Crippen LogP contribution in [0.1, 0.15) is 17.7 Å². The van der Waals surface area contributed by atoms with Crippen molar-refractivity contribution in [3.8, 4) is 5.75 Å². The van der Waals surface area contributed by atoms with Crippen molar-refractivity contribution in [2.24, 2.45) is 0 Å². The van der Waals surface area contributed by atoms with Crippen molar-refractivity contribution < 1.29 is 13.9 Å². The number of aromatic nitrogens is 2. The predicted molar refractivity (Wildman–Crippen MR) is 88.3 cm³/mol. The summed E-state index contributed by atoms with van der Waals surface area (Å²) in [5.74, 6) is 0.373. The maximum absolute atomic E-state index is 14.1. The van der Waals surface area contributed by atoms with Crippen LogP contribution in [0.3, 0.4) is 0 Å². The molecule has 1 aliphatic rings. The van der Waals surface area contributed by atoms with E-state index in [0.717, 1.165) is 31.6 Å². The summed E-state index contributed by atoms with van der Waals surface area (Å²) in [6.07, 6.45) is 5.19. The van der Waals surface area contributed by atoms with Crippen LogP contribution in [0, 0.1) is 5.82 Å². The summed E-state index contributed by atoms with van der Waals surface area (Å²) in [5, 5.41) is 0. The van der Waals surface area contributed by atoms with Gasteiger partial charge in [-0.25, -0.2) is 14.4 Å². The Kier molecular flexibility index (Phi) is 5.72. The van der Waals surface area contributed by atoms with Crippen LogP contribution >= 0.6 is 0 Å². The highest BCUT2D eigenvalue weighted by atomic mass is 19.1. The summed E-state index contributed by atoms with van der Waals surface area (Å²) < 4.78 is 25.2. The molecule has 128 valence electrons. The van der Waals surface area contributed by atoms with Crippen LogP contribution in [-0.2, 0) is 17.7 Å². The Bertz CT molecular complexity index is 654. The fourth-order valence-electron chi connectivity index (χ4n) is 2.98. The third-order valence-corrected chi connectivity index (χ3v) is 4.27. The Morgan fingerprint density at radius 1 is 1.38 bits per heavy atom. The molecule has 1 saturated heterocycles. The quantitative estimate of drug-likeness (QED) is 0.814. The number of methoxy groups -OCH3 is 1. The predicted octanol–water partition coefficient (Wildman–Crippen LogP) is 2.46. The molecule has 0 unspecified atom stereocenters. The van der Waals surface area contributed by atoms with Crippen LogP contribution in [0.15, 0.2) is 36.8 Å². The van der Waals surface area contributed by atoms with Crippen LogP contribution in [0.2, 0.25) is 0 Å². The number of rotatable bonds is 6. The van der Waals surface area contributed by atoms with Gasteiger partial charge in [-0.1, -0.05) is 6.07 Å². The van der Waals surface area contributed by atoms with Crippen LogP contribution in [0.25, 0.3) is 0 Å². The van der Waals surface area contributed by atoms with Crippen LogP contribution in [0.5, 0.6) is 5.75 Å². The van der Waals surface area contributed by atoms with Crippen molar-refractivity contribution >= 4 is 0 Å². The summed E-state index contributed by atoms with van der Waals surface area (Å²) in [4.78, 5) is 10.4. The fraction of sp³-hybridized carbons (Fsp3) is 0.444. The second kappa shape index (κ2) is 8.17. The van der Waals surface area contributed by atoms with Gasteiger partial charge in [-0.2, -0.15) is 0 Å². The molecule has 5 nitrogen and oxygen atoms in total. The largest absolute Gasteiger partial charge is 0.496 e. The number of hydrogen-bond donors (Lipinski definition) is 0. The highest BCUT2D eigenvalue weighted by Gasteiger charge is 2.22. The van der Waals surface area contributed by atoms with E-state index in [-0.39, 0.29) is 11.9 Å². The van der Waals surface area contributed by atoms with Crippen molar-refractivity contribution in [1.29, 1.82) is 0 Å². The smallest absolute Gasteiger partial charge is 0.131 e. The van der Waals surface area contributed by atoms with Gasteiger partial charge in [0.25, 0.3) is 0 Å². The number of halogens is 1. The van der Waals surface area contributed by atoms with Crippen molar-refractivity contribution in [1.82, 2.24) is 14.9 Å². The Labute approximate surface area is 141 Å². The maximum atomic E-state index is 14.1. The van der Waals surface area contributed by atoms with Crippen LogP contribution < -0.4 is 4.74 Å². The highest BCUT2D eigenvalue weighted by Crippen LogP contribution is 2.24. The number of morpholine rings is 1. The van der Waals surface area contributed by atoms with Gasteiger partial charge in [0, 0.05) is 37.1 Å². The van der Waals surface area contributed by atoms with Gasteiger partial charge < -0.3 is 9.47 Å². The molecule has 0 saturated carbocycles. The van der Waals surface area contributed by atoms with Gasteiger partial charge in [0.05, 0.1) is 19.8 Å². The molecule has 2 heterocycles. The lowest BCUT2D eigenvalue weighted by Gasteiger charge is -2.33. The molecule has 0 radical (unpaired) electrons. The molecular formula is C18H22FN3O2. The van der Waals surface area contributed by atoms with E-state index in [1.807, 2.05) is 6.07 Å². The molecule has 1 aromatic carbocycles. The Morgan fingerprint density at radius 2 is 2.29 bits per heavy atom. The molecule has 6 heteroatoms. The van der Waals surface area contributed by atoms with Gasteiger partial charge in [-0.3, -0.25) is 4.90 Å². The third-order valence-electron chi connectivity index (χ3n) is 4.27. The normalized spacial score (nSPS) is 18.5. The first kappa shape index (κ1) is 16.8. The van der Waals surface area contributed by atoms with Crippen LogP contribution in [-0.4, -0.2) is 47.8 Å². The lowest BCUT2D eigenvalue weighted by molar-refractivity contribution is -0.0351. The van der Waals surface area contributed by atoms with E-state index >= 15 is 0 Å². The van der Waals surface area contributed by atoms with Gasteiger partial charge in [0.15, 0.2) is 0 Å². The van der Waals surface area contributed by atoms with Gasteiger partial charge in [0.2, 0.25) is 0 Å². The molecule has 1 aliphatic heterocycles. The Balaban J connectivity index is 1.58. The molecule has 0 N–H and O–H groups in total. The fourth-order valence-corrected chi connectivity index (χ4v) is 2.98. The molecule has 1 aromatic heterocycles. The van der Waals surface area contributed by atoms with Gasteiger partial charge in [0.1, 0.15) is 17.9 Å². The molecule has 0 spiro atoms. The van der Waals surface area contributed by atoms with E-state index in [2.05, 4.69) is 14.9 Å². The van der Waals surface area contributed by atoms with Crippen molar-refractivity contribution in [3.05, 3.63) is 53.9 Å². The average molecular weight is 331 g/mol. The minimum absolute atomic E-state index is 0.131. The average Bonchev–Trinajstić information content (AvgIpc) is 2.63. The van der Waals surface area contributed by atoms with E-state index in [4.69, 9.17) is 9.47 Å². The van der Waals surface area contributed by atoms with Crippen molar-refractivity contribution in [2.45, 2.75) is 25.5 Å². The summed E-state index contributed by atoms with van der Waals surface area (Å²) >= 11 is 0. The second-order valence-corrected chi connectivity index (χ2v) is 5.89. The molecular weight excluding hydrogens is 309 g/mol. The molecule has 0 bridgehead atoms. The summed E-state index contributed by atoms with van der Waals surface area (Å²) in [5.41, 5.74) is 1.62. The monoisotopic (exact) mass is 331 g/mol. The SMILES string of the molecule is COc1cccc(F)c1CN1CCO[C@H](CCc2ccncn2)C1. The second-order valence-electron chi connectivity index (χ2n) is 5.89. The van der Waals surface area contributed by atoms with Crippen molar-refractivity contribution in [3.63, 3.8) is 0 Å². The molecule has 0 aliphatic carbocycles. The summed E-state index contributed by atoms with van der Waals surface area (Å²) in [6.45, 7) is 2.76. The zero-order valence-electron chi connectivity index (χ0n) is 13.8. The lowest BCUT2D eigenvalue weighted by Crippen LogP contribution is -2.42. The molecule has 24 heavy (non-hydrogen) atoms. The maximum Gasteiger partial charge on any atom is 0.131 e. The van der Waals surface area contributed by atoms with Gasteiger partial charge in [-0.05, 0) is 31.0 Å². The van der Waals surface area contributed by atoms with Crippen molar-refractivity contribution in [2.75, 3.05) is 26.8 Å². The number of nitrogens with zero attached hydrogens (tertiary/aromatic N) is 3. The Morgan fingerprint density at radius 3 is 3.08 bits per heavy atom. The van der Waals surface area contributed by atoms with E-state index in [1.165, 1.54) is 6.07 Å². The number of benzene rings is 1. The Hall–Kier alpha value is -2.05. The third kappa shape index (κ3) is 4.27. The zero-order valence-corrected chi connectivity index (χ0v) is 13.8. The van der Waals surface area contributed by atoms with E-state index in [1.54, 1.807) is 31.8 Å². The molecule has 3 rings (SSSR count). The molecule has 2 aromatic rings. The van der Waals surface area contributed by atoms with Crippen LogP contribution in [0.4, 0.5) is 4.39 Å². The molecule has 1 fully saturated rings. The minimum Gasteiger partial charge on any atom is -0.496 e. The molecule has 0 amide bonds.